The number of hydrogen-bond donors (Lipinski definition) is 2. The Morgan fingerprint density at radius 1 is 1.17 bits per heavy atom. The predicted octanol–water partition coefficient (Wildman–Crippen LogP) is 1.99. The van der Waals surface area contributed by atoms with Gasteiger partial charge in [-0.1, -0.05) is 6.07 Å². The van der Waals surface area contributed by atoms with Crippen molar-refractivity contribution in [2.24, 2.45) is 0 Å². The summed E-state index contributed by atoms with van der Waals surface area (Å²) in [5.74, 6) is -0.152. The Morgan fingerprint density at radius 3 is 2.80 bits per heavy atom. The van der Waals surface area contributed by atoms with Gasteiger partial charge in [0.15, 0.2) is 5.76 Å². The Morgan fingerprint density at radius 2 is 2.03 bits per heavy atom. The summed E-state index contributed by atoms with van der Waals surface area (Å²) in [7, 11) is 0. The van der Waals surface area contributed by atoms with E-state index in [4.69, 9.17) is 4.42 Å². The molecule has 3 amide bonds. The summed E-state index contributed by atoms with van der Waals surface area (Å²) < 4.78 is 5.09. The number of nitrogens with one attached hydrogen (secondary N) is 2. The maximum absolute atomic E-state index is 13.1. The zero-order valence-electron chi connectivity index (χ0n) is 16.5. The number of carbonyl (C=O) groups excluding carboxylic acids is 3. The normalized spacial score (nSPS) is 19.2. The molecule has 0 saturated carbocycles. The fraction of sp³-hybridized carbons (Fsp3) is 0.381. The number of piperazine rings is 1. The van der Waals surface area contributed by atoms with Crippen LogP contribution in [0.4, 0.5) is 5.69 Å². The number of likely N-dealkylation sites (tertiary alicyclic amines) is 1. The van der Waals surface area contributed by atoms with Crippen LogP contribution in [0.25, 0.3) is 0 Å². The molecule has 8 nitrogen and oxygen atoms in total. The minimum Gasteiger partial charge on any atom is -0.459 e. The number of furan rings is 1. The monoisotopic (exact) mass is 432 g/mol. The van der Waals surface area contributed by atoms with E-state index in [1.165, 1.54) is 6.26 Å². The number of hydrogen-bond acceptors (Lipinski definition) is 5. The van der Waals surface area contributed by atoms with E-state index in [-0.39, 0.29) is 41.9 Å². The Hall–Kier alpha value is -2.84. The van der Waals surface area contributed by atoms with E-state index in [9.17, 15) is 14.4 Å². The molecule has 2 aliphatic rings. The summed E-state index contributed by atoms with van der Waals surface area (Å²) in [6, 6.07) is 10.2. The maximum atomic E-state index is 13.1. The van der Waals surface area contributed by atoms with Crippen LogP contribution in [0.3, 0.4) is 0 Å². The number of piperidine rings is 1. The van der Waals surface area contributed by atoms with E-state index >= 15 is 0 Å². The number of amides is 3. The van der Waals surface area contributed by atoms with E-state index in [2.05, 4.69) is 10.6 Å². The minimum absolute atomic E-state index is 0. The molecule has 1 aromatic carbocycles. The molecule has 0 aliphatic carbocycles. The highest BCUT2D eigenvalue weighted by Crippen LogP contribution is 2.20. The van der Waals surface area contributed by atoms with Crippen molar-refractivity contribution in [3.63, 3.8) is 0 Å². The molecule has 0 radical (unpaired) electrons. The summed E-state index contributed by atoms with van der Waals surface area (Å²) in [4.78, 5) is 41.1. The third-order valence-electron chi connectivity index (χ3n) is 5.36. The van der Waals surface area contributed by atoms with Crippen molar-refractivity contribution in [3.05, 3.63) is 54.0 Å². The number of halogens is 1. The van der Waals surface area contributed by atoms with Crippen LogP contribution in [0, 0.1) is 0 Å². The first-order valence-electron chi connectivity index (χ1n) is 9.86. The van der Waals surface area contributed by atoms with E-state index in [1.54, 1.807) is 41.3 Å². The van der Waals surface area contributed by atoms with Crippen molar-refractivity contribution in [2.45, 2.75) is 18.9 Å². The van der Waals surface area contributed by atoms with Gasteiger partial charge in [-0.3, -0.25) is 14.4 Å². The Kier molecular flexibility index (Phi) is 7.12. The molecule has 2 saturated heterocycles. The lowest BCUT2D eigenvalue weighted by molar-refractivity contribution is -0.135. The molecular formula is C21H25ClN4O4. The Balaban J connectivity index is 0.00000256. The summed E-state index contributed by atoms with van der Waals surface area (Å²) in [5, 5.41) is 5.83. The van der Waals surface area contributed by atoms with Gasteiger partial charge in [0.1, 0.15) is 0 Å². The summed E-state index contributed by atoms with van der Waals surface area (Å²) in [5.41, 5.74) is 1.04. The maximum Gasteiger partial charge on any atom is 0.291 e. The van der Waals surface area contributed by atoms with Gasteiger partial charge in [-0.25, -0.2) is 0 Å². The molecule has 1 atom stereocenters. The smallest absolute Gasteiger partial charge is 0.291 e. The molecule has 2 aromatic rings. The summed E-state index contributed by atoms with van der Waals surface area (Å²) in [6.45, 7) is 3.03. The lowest BCUT2D eigenvalue weighted by atomic mass is 10.0. The number of anilines is 1. The molecule has 2 fully saturated rings. The standard InChI is InChI=1S/C21H24N4O4.ClH/c26-19-13-22-8-10-25(19)17-6-2-9-24(14-17)21(28)15-4-1-5-16(12-15)23-20(27)18-7-3-11-29-18;/h1,3-5,7,11-12,17,22H,2,6,8-10,13-14H2,(H,23,27);1H. The number of nitrogens with zero attached hydrogens (tertiary/aromatic N) is 2. The van der Waals surface area contributed by atoms with Gasteiger partial charge in [-0.2, -0.15) is 0 Å². The van der Waals surface area contributed by atoms with Crippen molar-refractivity contribution in [2.75, 3.05) is 38.0 Å². The van der Waals surface area contributed by atoms with Crippen LogP contribution in [0.15, 0.2) is 47.1 Å². The van der Waals surface area contributed by atoms with Crippen LogP contribution in [0.5, 0.6) is 0 Å². The van der Waals surface area contributed by atoms with Gasteiger partial charge >= 0.3 is 0 Å². The molecule has 160 valence electrons. The highest BCUT2D eigenvalue weighted by Gasteiger charge is 2.32. The van der Waals surface area contributed by atoms with Gasteiger partial charge in [-0.05, 0) is 43.2 Å². The number of benzene rings is 1. The van der Waals surface area contributed by atoms with Gasteiger partial charge < -0.3 is 24.9 Å². The van der Waals surface area contributed by atoms with Gasteiger partial charge in [0.2, 0.25) is 5.91 Å². The second kappa shape index (κ2) is 9.77. The van der Waals surface area contributed by atoms with Crippen molar-refractivity contribution in [1.29, 1.82) is 0 Å². The largest absolute Gasteiger partial charge is 0.459 e. The molecule has 3 heterocycles. The van der Waals surface area contributed by atoms with Crippen LogP contribution in [0.2, 0.25) is 0 Å². The van der Waals surface area contributed by atoms with Gasteiger partial charge in [0.05, 0.1) is 12.8 Å². The average Bonchev–Trinajstić information content (AvgIpc) is 3.29. The predicted molar refractivity (Wildman–Crippen MR) is 114 cm³/mol. The van der Waals surface area contributed by atoms with E-state index in [0.29, 0.717) is 37.4 Å². The van der Waals surface area contributed by atoms with Crippen molar-refractivity contribution < 1.29 is 18.8 Å². The second-order valence-corrected chi connectivity index (χ2v) is 7.32. The van der Waals surface area contributed by atoms with Crippen LogP contribution < -0.4 is 10.6 Å². The first kappa shape index (κ1) is 21.9. The highest BCUT2D eigenvalue weighted by atomic mass is 35.5. The third kappa shape index (κ3) is 4.83. The van der Waals surface area contributed by atoms with Gasteiger partial charge in [0.25, 0.3) is 11.8 Å². The van der Waals surface area contributed by atoms with Gasteiger partial charge in [-0.15, -0.1) is 12.4 Å². The third-order valence-corrected chi connectivity index (χ3v) is 5.36. The molecule has 1 aromatic heterocycles. The topological polar surface area (TPSA) is 94.9 Å². The van der Waals surface area contributed by atoms with Crippen molar-refractivity contribution in [1.82, 2.24) is 15.1 Å². The quantitative estimate of drug-likeness (QED) is 0.770. The molecule has 2 N–H and O–H groups in total. The molecule has 0 spiro atoms. The molecular weight excluding hydrogens is 408 g/mol. The van der Waals surface area contributed by atoms with Crippen LogP contribution in [0.1, 0.15) is 33.8 Å². The fourth-order valence-electron chi connectivity index (χ4n) is 3.91. The molecule has 9 heteroatoms. The minimum atomic E-state index is -0.366. The zero-order valence-corrected chi connectivity index (χ0v) is 17.3. The lowest BCUT2D eigenvalue weighted by Gasteiger charge is -2.41. The fourth-order valence-corrected chi connectivity index (χ4v) is 3.91. The molecule has 1 unspecified atom stereocenters. The van der Waals surface area contributed by atoms with Crippen molar-refractivity contribution >= 4 is 35.8 Å². The molecule has 0 bridgehead atoms. The van der Waals surface area contributed by atoms with E-state index < -0.39 is 0 Å². The zero-order chi connectivity index (χ0) is 20.2. The van der Waals surface area contributed by atoms with E-state index in [1.807, 2.05) is 4.90 Å². The first-order valence-corrected chi connectivity index (χ1v) is 9.86. The molecule has 30 heavy (non-hydrogen) atoms. The highest BCUT2D eigenvalue weighted by molar-refractivity contribution is 6.03. The van der Waals surface area contributed by atoms with Crippen LogP contribution in [-0.4, -0.2) is 66.3 Å². The summed E-state index contributed by atoms with van der Waals surface area (Å²) in [6.07, 6.45) is 3.21. The van der Waals surface area contributed by atoms with Crippen LogP contribution in [-0.2, 0) is 4.79 Å². The van der Waals surface area contributed by atoms with Gasteiger partial charge in [0, 0.05) is 43.5 Å². The van der Waals surface area contributed by atoms with E-state index in [0.717, 1.165) is 19.4 Å². The number of rotatable bonds is 4. The SMILES string of the molecule is Cl.O=C(Nc1cccc(C(=O)N2CCCC(N3CCNCC3=O)C2)c1)c1ccco1. The van der Waals surface area contributed by atoms with Crippen molar-refractivity contribution in [3.8, 4) is 0 Å². The Labute approximate surface area is 181 Å². The van der Waals surface area contributed by atoms with Crippen LogP contribution >= 0.6 is 12.4 Å². The second-order valence-electron chi connectivity index (χ2n) is 7.32. The number of carbonyl (C=O) groups is 3. The lowest BCUT2D eigenvalue weighted by Crippen LogP contribution is -2.57. The Bertz CT molecular complexity index is 902. The summed E-state index contributed by atoms with van der Waals surface area (Å²) >= 11 is 0. The first-order chi connectivity index (χ1) is 14.1. The molecule has 2 aliphatic heterocycles. The molecule has 4 rings (SSSR count). The average molecular weight is 433 g/mol.